The van der Waals surface area contributed by atoms with Crippen LogP contribution in [0.5, 0.6) is 0 Å². The molecule has 1 saturated heterocycles. The number of hydrogen-bond acceptors (Lipinski definition) is 4. The Labute approximate surface area is 172 Å². The first kappa shape index (κ1) is 20.9. The van der Waals surface area contributed by atoms with E-state index in [4.69, 9.17) is 0 Å². The van der Waals surface area contributed by atoms with E-state index in [1.54, 1.807) is 0 Å². The Morgan fingerprint density at radius 1 is 0.897 bits per heavy atom. The lowest BCUT2D eigenvalue weighted by Gasteiger charge is -2.34. The minimum Gasteiger partial charge on any atom is -0.369 e. The molecule has 0 unspecified atom stereocenters. The maximum atomic E-state index is 12.1. The van der Waals surface area contributed by atoms with E-state index >= 15 is 0 Å². The summed E-state index contributed by atoms with van der Waals surface area (Å²) in [6.45, 7) is 6.15. The smallest absolute Gasteiger partial charge is 0.243 e. The topological polar surface area (TPSA) is 64.7 Å². The van der Waals surface area contributed by atoms with Crippen LogP contribution in [0.3, 0.4) is 0 Å². The minimum atomic E-state index is -0.221. The second-order valence-corrected chi connectivity index (χ2v) is 7.65. The monoisotopic (exact) mass is 394 g/mol. The Balaban J connectivity index is 1.38. The number of nitrogens with one attached hydrogen (secondary N) is 2. The Hall–Kier alpha value is -2.86. The van der Waals surface area contributed by atoms with Crippen LogP contribution in [0, 0.1) is 6.92 Å². The van der Waals surface area contributed by atoms with Crippen LogP contribution in [0.25, 0.3) is 0 Å². The molecule has 1 aliphatic rings. The van der Waals surface area contributed by atoms with Crippen LogP contribution in [0.4, 0.5) is 11.4 Å². The van der Waals surface area contributed by atoms with Crippen LogP contribution in [-0.4, -0.2) is 56.5 Å². The SMILES string of the molecule is Cc1ccc(CCC(=O)NCC(=O)Nc2ccc(N3CCN(C)CC3)cc2)cc1. The summed E-state index contributed by atoms with van der Waals surface area (Å²) in [5, 5.41) is 5.52. The third-order valence-electron chi connectivity index (χ3n) is 5.23. The molecule has 2 amide bonds. The molecule has 6 heteroatoms. The van der Waals surface area contributed by atoms with Crippen molar-refractivity contribution in [2.75, 3.05) is 50.0 Å². The number of piperazine rings is 1. The molecule has 0 bridgehead atoms. The van der Waals surface area contributed by atoms with Gasteiger partial charge in [0.15, 0.2) is 0 Å². The van der Waals surface area contributed by atoms with E-state index in [1.165, 1.54) is 11.3 Å². The quantitative estimate of drug-likeness (QED) is 0.757. The van der Waals surface area contributed by atoms with Crippen LogP contribution in [0.2, 0.25) is 0 Å². The third kappa shape index (κ3) is 6.61. The summed E-state index contributed by atoms with van der Waals surface area (Å²) in [4.78, 5) is 28.8. The lowest BCUT2D eigenvalue weighted by atomic mass is 10.1. The maximum absolute atomic E-state index is 12.1. The molecule has 154 valence electrons. The average Bonchev–Trinajstić information content (AvgIpc) is 2.73. The molecule has 0 radical (unpaired) electrons. The number of hydrogen-bond donors (Lipinski definition) is 2. The normalized spacial score (nSPS) is 14.5. The fourth-order valence-corrected chi connectivity index (χ4v) is 3.31. The molecule has 1 heterocycles. The lowest BCUT2D eigenvalue weighted by molar-refractivity contribution is -0.124. The Bertz CT molecular complexity index is 810. The van der Waals surface area contributed by atoms with Gasteiger partial charge < -0.3 is 20.4 Å². The molecule has 0 aromatic heterocycles. The van der Waals surface area contributed by atoms with Crippen LogP contribution >= 0.6 is 0 Å². The second kappa shape index (κ2) is 10.1. The molecule has 2 aromatic rings. The molecule has 0 aliphatic carbocycles. The summed E-state index contributed by atoms with van der Waals surface area (Å²) in [7, 11) is 2.14. The Kier molecular flexibility index (Phi) is 7.25. The van der Waals surface area contributed by atoms with Gasteiger partial charge in [-0.3, -0.25) is 9.59 Å². The summed E-state index contributed by atoms with van der Waals surface area (Å²) in [6.07, 6.45) is 1.04. The maximum Gasteiger partial charge on any atom is 0.243 e. The molecule has 29 heavy (non-hydrogen) atoms. The van der Waals surface area contributed by atoms with E-state index in [1.807, 2.05) is 55.5 Å². The van der Waals surface area contributed by atoms with Crippen molar-refractivity contribution in [3.63, 3.8) is 0 Å². The van der Waals surface area contributed by atoms with Crippen molar-refractivity contribution < 1.29 is 9.59 Å². The lowest BCUT2D eigenvalue weighted by Crippen LogP contribution is -2.44. The molecule has 0 atom stereocenters. The van der Waals surface area contributed by atoms with E-state index < -0.39 is 0 Å². The van der Waals surface area contributed by atoms with Crippen LogP contribution < -0.4 is 15.5 Å². The van der Waals surface area contributed by atoms with Gasteiger partial charge in [0.25, 0.3) is 0 Å². The zero-order valence-electron chi connectivity index (χ0n) is 17.3. The largest absolute Gasteiger partial charge is 0.369 e. The summed E-state index contributed by atoms with van der Waals surface area (Å²) in [5.74, 6) is -0.341. The predicted molar refractivity (Wildman–Crippen MR) is 117 cm³/mol. The van der Waals surface area contributed by atoms with Crippen molar-refractivity contribution in [3.05, 3.63) is 59.7 Å². The predicted octanol–water partition coefficient (Wildman–Crippen LogP) is 2.43. The van der Waals surface area contributed by atoms with Crippen molar-refractivity contribution in [1.82, 2.24) is 10.2 Å². The molecular formula is C23H30N4O2. The number of likely N-dealkylation sites (N-methyl/N-ethyl adjacent to an activating group) is 1. The summed E-state index contributed by atoms with van der Waals surface area (Å²) >= 11 is 0. The number of benzene rings is 2. The third-order valence-corrected chi connectivity index (χ3v) is 5.23. The van der Waals surface area contributed by atoms with Gasteiger partial charge in [-0.05, 0) is 50.2 Å². The first-order chi connectivity index (χ1) is 14.0. The van der Waals surface area contributed by atoms with Gasteiger partial charge in [-0.2, -0.15) is 0 Å². The van der Waals surface area contributed by atoms with Gasteiger partial charge in [-0.1, -0.05) is 29.8 Å². The second-order valence-electron chi connectivity index (χ2n) is 7.65. The van der Waals surface area contributed by atoms with Crippen molar-refractivity contribution in [3.8, 4) is 0 Å². The molecule has 2 N–H and O–H groups in total. The van der Waals surface area contributed by atoms with E-state index in [2.05, 4.69) is 27.5 Å². The Morgan fingerprint density at radius 3 is 2.21 bits per heavy atom. The molecule has 0 spiro atoms. The number of nitrogens with zero attached hydrogens (tertiary/aromatic N) is 2. The van der Waals surface area contributed by atoms with Crippen molar-refractivity contribution in [2.24, 2.45) is 0 Å². The molecule has 2 aromatic carbocycles. The minimum absolute atomic E-state index is 0.0209. The van der Waals surface area contributed by atoms with Crippen LogP contribution in [0.15, 0.2) is 48.5 Å². The summed E-state index contributed by atoms with van der Waals surface area (Å²) in [5.41, 5.74) is 4.23. The molecule has 6 nitrogen and oxygen atoms in total. The van der Waals surface area contributed by atoms with Crippen molar-refractivity contribution in [2.45, 2.75) is 19.8 Å². The molecule has 3 rings (SSSR count). The fraction of sp³-hybridized carbons (Fsp3) is 0.391. The highest BCUT2D eigenvalue weighted by molar-refractivity contribution is 5.94. The van der Waals surface area contributed by atoms with Gasteiger partial charge >= 0.3 is 0 Å². The molecule has 0 saturated carbocycles. The number of carbonyl (C=O) groups excluding carboxylic acids is 2. The highest BCUT2D eigenvalue weighted by Gasteiger charge is 2.14. The zero-order chi connectivity index (χ0) is 20.6. The van der Waals surface area contributed by atoms with Crippen molar-refractivity contribution in [1.29, 1.82) is 0 Å². The number of rotatable bonds is 7. The van der Waals surface area contributed by atoms with Crippen molar-refractivity contribution >= 4 is 23.2 Å². The van der Waals surface area contributed by atoms with Gasteiger partial charge in [0.2, 0.25) is 11.8 Å². The number of carbonyl (C=O) groups is 2. The van der Waals surface area contributed by atoms with Gasteiger partial charge in [-0.15, -0.1) is 0 Å². The van der Waals surface area contributed by atoms with E-state index in [0.29, 0.717) is 12.8 Å². The highest BCUT2D eigenvalue weighted by atomic mass is 16.2. The highest BCUT2D eigenvalue weighted by Crippen LogP contribution is 2.19. The first-order valence-electron chi connectivity index (χ1n) is 10.2. The van der Waals surface area contributed by atoms with Crippen LogP contribution in [-0.2, 0) is 16.0 Å². The number of amides is 2. The van der Waals surface area contributed by atoms with E-state index in [-0.39, 0.29) is 18.4 Å². The molecule has 1 fully saturated rings. The fourth-order valence-electron chi connectivity index (χ4n) is 3.31. The number of aryl methyl sites for hydroxylation is 2. The van der Waals surface area contributed by atoms with Gasteiger partial charge in [0.1, 0.15) is 0 Å². The standard InChI is InChI=1S/C23H30N4O2/c1-18-3-5-19(6-4-18)7-12-22(28)24-17-23(29)25-20-8-10-21(11-9-20)27-15-13-26(2)14-16-27/h3-6,8-11H,7,12-17H2,1-2H3,(H,24,28)(H,25,29). The van der Waals surface area contributed by atoms with Gasteiger partial charge in [0, 0.05) is 44.0 Å². The number of anilines is 2. The van der Waals surface area contributed by atoms with E-state index in [0.717, 1.165) is 37.4 Å². The molecular weight excluding hydrogens is 364 g/mol. The van der Waals surface area contributed by atoms with Gasteiger partial charge in [-0.25, -0.2) is 0 Å². The first-order valence-corrected chi connectivity index (χ1v) is 10.2. The summed E-state index contributed by atoms with van der Waals surface area (Å²) in [6, 6.07) is 16.0. The molecule has 1 aliphatic heterocycles. The van der Waals surface area contributed by atoms with Gasteiger partial charge in [0.05, 0.1) is 6.54 Å². The Morgan fingerprint density at radius 2 is 1.55 bits per heavy atom. The van der Waals surface area contributed by atoms with E-state index in [9.17, 15) is 9.59 Å². The van der Waals surface area contributed by atoms with Crippen LogP contribution in [0.1, 0.15) is 17.5 Å². The summed E-state index contributed by atoms with van der Waals surface area (Å²) < 4.78 is 0. The zero-order valence-corrected chi connectivity index (χ0v) is 17.3. The average molecular weight is 395 g/mol.